The monoisotopic (exact) mass is 274 g/mol. The van der Waals surface area contributed by atoms with Crippen LogP contribution in [0.5, 0.6) is 0 Å². The van der Waals surface area contributed by atoms with Crippen LogP contribution in [0.2, 0.25) is 0 Å². The van der Waals surface area contributed by atoms with Crippen LogP contribution in [0, 0.1) is 0 Å². The first kappa shape index (κ1) is 12.5. The van der Waals surface area contributed by atoms with Crippen LogP contribution in [-0.2, 0) is 14.3 Å². The van der Waals surface area contributed by atoms with Gasteiger partial charge in [-0.2, -0.15) is 0 Å². The Balaban J connectivity index is 1.74. The Kier molecular flexibility index (Phi) is 3.28. The van der Waals surface area contributed by atoms with Gasteiger partial charge in [-0.3, -0.25) is 4.90 Å². The molecule has 1 aromatic rings. The van der Waals surface area contributed by atoms with Crippen LogP contribution < -0.4 is 0 Å². The number of oxime groups is 1. The second kappa shape index (κ2) is 5.24. The number of ether oxygens (including phenoxy) is 2. The van der Waals surface area contributed by atoms with E-state index in [1.807, 2.05) is 30.3 Å². The maximum atomic E-state index is 11.4. The standard InChI is InChI=1S/C14H14N2O4/c1-18-14(17)16-8-7-11-12(9-16)20-15-13(19-11)10-5-3-2-4-6-10/h2-8,11-12H,9H2,1H3/t11-,12+/m1/s1. The minimum Gasteiger partial charge on any atom is -0.463 e. The lowest BCUT2D eigenvalue weighted by Gasteiger charge is -2.34. The fourth-order valence-electron chi connectivity index (χ4n) is 2.10. The molecule has 104 valence electrons. The molecule has 0 radical (unpaired) electrons. The van der Waals surface area contributed by atoms with E-state index in [4.69, 9.17) is 9.57 Å². The van der Waals surface area contributed by atoms with Crippen LogP contribution in [0.25, 0.3) is 0 Å². The van der Waals surface area contributed by atoms with Gasteiger partial charge >= 0.3 is 6.09 Å². The van der Waals surface area contributed by atoms with Crippen molar-refractivity contribution in [2.24, 2.45) is 5.16 Å². The predicted molar refractivity (Wildman–Crippen MR) is 71.0 cm³/mol. The number of carbonyl (C=O) groups excluding carboxylic acids is 1. The molecular weight excluding hydrogens is 260 g/mol. The van der Waals surface area contributed by atoms with Gasteiger partial charge in [-0.1, -0.05) is 18.2 Å². The molecule has 0 aliphatic carbocycles. The van der Waals surface area contributed by atoms with Crippen molar-refractivity contribution < 1.29 is 19.1 Å². The SMILES string of the molecule is COC(=O)N1C=C[C@H]2OC(c3ccccc3)=NO[C@H]2C1. The zero-order chi connectivity index (χ0) is 13.9. The van der Waals surface area contributed by atoms with Crippen molar-refractivity contribution in [2.45, 2.75) is 12.2 Å². The molecule has 6 heteroatoms. The summed E-state index contributed by atoms with van der Waals surface area (Å²) in [5.74, 6) is 0.447. The molecule has 0 N–H and O–H groups in total. The predicted octanol–water partition coefficient (Wildman–Crippen LogP) is 1.73. The van der Waals surface area contributed by atoms with E-state index in [1.165, 1.54) is 12.0 Å². The second-order valence-corrected chi connectivity index (χ2v) is 4.45. The van der Waals surface area contributed by atoms with Crippen molar-refractivity contribution in [2.75, 3.05) is 13.7 Å². The molecule has 0 unspecified atom stereocenters. The van der Waals surface area contributed by atoms with E-state index in [9.17, 15) is 4.79 Å². The zero-order valence-corrected chi connectivity index (χ0v) is 10.9. The van der Waals surface area contributed by atoms with E-state index in [1.54, 1.807) is 12.3 Å². The summed E-state index contributed by atoms with van der Waals surface area (Å²) in [5.41, 5.74) is 0.856. The molecule has 2 aliphatic heterocycles. The van der Waals surface area contributed by atoms with Crippen LogP contribution in [-0.4, -0.2) is 42.8 Å². The van der Waals surface area contributed by atoms with Crippen molar-refractivity contribution in [3.63, 3.8) is 0 Å². The van der Waals surface area contributed by atoms with Crippen molar-refractivity contribution in [3.8, 4) is 0 Å². The number of nitrogens with zero attached hydrogens (tertiary/aromatic N) is 2. The van der Waals surface area contributed by atoms with E-state index >= 15 is 0 Å². The summed E-state index contributed by atoms with van der Waals surface area (Å²) in [7, 11) is 1.34. The molecule has 0 aromatic heterocycles. The fourth-order valence-corrected chi connectivity index (χ4v) is 2.10. The zero-order valence-electron chi connectivity index (χ0n) is 10.9. The Hall–Kier alpha value is -2.50. The lowest BCUT2D eigenvalue weighted by Crippen LogP contribution is -2.47. The molecule has 2 atom stereocenters. The average molecular weight is 274 g/mol. The Morgan fingerprint density at radius 1 is 1.40 bits per heavy atom. The molecule has 1 aromatic carbocycles. The molecular formula is C14H14N2O4. The normalized spacial score (nSPS) is 24.1. The third-order valence-electron chi connectivity index (χ3n) is 3.15. The van der Waals surface area contributed by atoms with Gasteiger partial charge in [0.05, 0.1) is 13.7 Å². The van der Waals surface area contributed by atoms with Crippen LogP contribution >= 0.6 is 0 Å². The summed E-state index contributed by atoms with van der Waals surface area (Å²) < 4.78 is 10.5. The number of rotatable bonds is 1. The van der Waals surface area contributed by atoms with E-state index < -0.39 is 6.09 Å². The van der Waals surface area contributed by atoms with Gasteiger partial charge in [0, 0.05) is 11.8 Å². The van der Waals surface area contributed by atoms with Crippen molar-refractivity contribution >= 4 is 12.0 Å². The molecule has 2 heterocycles. The van der Waals surface area contributed by atoms with Gasteiger partial charge < -0.3 is 14.3 Å². The molecule has 0 spiro atoms. The van der Waals surface area contributed by atoms with Gasteiger partial charge in [-0.15, -0.1) is 0 Å². The fraction of sp³-hybridized carbons (Fsp3) is 0.286. The Bertz CT molecular complexity index is 556. The van der Waals surface area contributed by atoms with E-state index in [0.29, 0.717) is 12.4 Å². The number of hydrogen-bond donors (Lipinski definition) is 0. The Morgan fingerprint density at radius 3 is 2.95 bits per heavy atom. The number of fused-ring (bicyclic) bond motifs is 1. The number of carbonyl (C=O) groups is 1. The maximum absolute atomic E-state index is 11.4. The summed E-state index contributed by atoms with van der Waals surface area (Å²) in [6.45, 7) is 0.347. The third kappa shape index (κ3) is 2.32. The smallest absolute Gasteiger partial charge is 0.413 e. The maximum Gasteiger partial charge on any atom is 0.413 e. The third-order valence-corrected chi connectivity index (χ3v) is 3.15. The van der Waals surface area contributed by atoms with E-state index in [-0.39, 0.29) is 12.2 Å². The average Bonchev–Trinajstić information content (AvgIpc) is 2.54. The Morgan fingerprint density at radius 2 is 2.20 bits per heavy atom. The van der Waals surface area contributed by atoms with Gasteiger partial charge in [0.1, 0.15) is 0 Å². The van der Waals surface area contributed by atoms with Crippen molar-refractivity contribution in [1.82, 2.24) is 4.90 Å². The van der Waals surface area contributed by atoms with Gasteiger partial charge in [0.15, 0.2) is 12.2 Å². The summed E-state index contributed by atoms with van der Waals surface area (Å²) in [6.07, 6.45) is 2.39. The molecule has 0 bridgehead atoms. The molecule has 0 fully saturated rings. The number of amides is 1. The van der Waals surface area contributed by atoms with Gasteiger partial charge in [-0.25, -0.2) is 4.79 Å². The molecule has 6 nitrogen and oxygen atoms in total. The molecule has 0 saturated carbocycles. The Labute approximate surface area is 116 Å². The largest absolute Gasteiger partial charge is 0.463 e. The lowest BCUT2D eigenvalue weighted by molar-refractivity contribution is -0.0558. The van der Waals surface area contributed by atoms with E-state index in [2.05, 4.69) is 9.89 Å². The highest BCUT2D eigenvalue weighted by molar-refractivity contribution is 5.94. The van der Waals surface area contributed by atoms with Gasteiger partial charge in [0.25, 0.3) is 5.90 Å². The highest BCUT2D eigenvalue weighted by Gasteiger charge is 2.35. The van der Waals surface area contributed by atoms with Crippen LogP contribution in [0.15, 0.2) is 47.8 Å². The first-order chi connectivity index (χ1) is 9.78. The van der Waals surface area contributed by atoms with E-state index in [0.717, 1.165) is 5.56 Å². The van der Waals surface area contributed by atoms with Crippen molar-refractivity contribution in [3.05, 3.63) is 48.2 Å². The quantitative estimate of drug-likeness (QED) is 0.782. The summed E-state index contributed by atoms with van der Waals surface area (Å²) in [6, 6.07) is 9.53. The van der Waals surface area contributed by atoms with Crippen LogP contribution in [0.4, 0.5) is 4.79 Å². The number of benzene rings is 1. The molecule has 20 heavy (non-hydrogen) atoms. The highest BCUT2D eigenvalue weighted by atomic mass is 16.7. The molecule has 0 saturated heterocycles. The van der Waals surface area contributed by atoms with Gasteiger partial charge in [-0.05, 0) is 23.4 Å². The summed E-state index contributed by atoms with van der Waals surface area (Å²) in [5, 5.41) is 3.99. The lowest BCUT2D eigenvalue weighted by atomic mass is 10.1. The summed E-state index contributed by atoms with van der Waals surface area (Å²) >= 11 is 0. The minimum absolute atomic E-state index is 0.261. The van der Waals surface area contributed by atoms with Crippen LogP contribution in [0.3, 0.4) is 0 Å². The second-order valence-electron chi connectivity index (χ2n) is 4.45. The van der Waals surface area contributed by atoms with Gasteiger partial charge in [0.2, 0.25) is 0 Å². The van der Waals surface area contributed by atoms with Crippen LogP contribution in [0.1, 0.15) is 5.56 Å². The topological polar surface area (TPSA) is 60.4 Å². The number of hydrogen-bond acceptors (Lipinski definition) is 5. The first-order valence-electron chi connectivity index (χ1n) is 6.27. The van der Waals surface area contributed by atoms with Crippen molar-refractivity contribution in [1.29, 1.82) is 0 Å². The molecule has 3 rings (SSSR count). The highest BCUT2D eigenvalue weighted by Crippen LogP contribution is 2.21. The minimum atomic E-state index is -0.430. The summed E-state index contributed by atoms with van der Waals surface area (Å²) in [4.78, 5) is 18.3. The molecule has 1 amide bonds. The molecule has 2 aliphatic rings. The first-order valence-corrected chi connectivity index (χ1v) is 6.27. The number of methoxy groups -OCH3 is 1.